The number of hydrogen-bond acceptors (Lipinski definition) is 7. The third-order valence-corrected chi connectivity index (χ3v) is 3.94. The molecule has 0 bridgehead atoms. The summed E-state index contributed by atoms with van der Waals surface area (Å²) in [5.74, 6) is -0.537. The highest BCUT2D eigenvalue weighted by molar-refractivity contribution is 7.21. The Morgan fingerprint density at radius 2 is 2.04 bits per heavy atom. The summed E-state index contributed by atoms with van der Waals surface area (Å²) in [6, 6.07) is 11.6. The van der Waals surface area contributed by atoms with Gasteiger partial charge in [0.2, 0.25) is 11.7 Å². The van der Waals surface area contributed by atoms with Gasteiger partial charge in [0, 0.05) is 11.8 Å². The Kier molecular flexibility index (Phi) is 3.91. The smallest absolute Gasteiger partial charge is 0.237 e. The number of pyridine rings is 1. The van der Waals surface area contributed by atoms with Crippen LogP contribution in [0, 0.1) is 28.6 Å². The number of thiazole rings is 1. The minimum absolute atomic E-state index is 0.257. The average molecular weight is 322 g/mol. The molecule has 0 fully saturated rings. The summed E-state index contributed by atoms with van der Waals surface area (Å²) >= 11 is 1.42. The molecule has 0 atom stereocenters. The number of nitrogens with zero attached hydrogens (tertiary/aromatic N) is 5. The molecule has 3 rings (SSSR count). The third-order valence-electron chi connectivity index (χ3n) is 2.87. The zero-order valence-electron chi connectivity index (χ0n) is 11.5. The van der Waals surface area contributed by atoms with E-state index in [4.69, 9.17) is 10.5 Å². The molecule has 1 aromatic carbocycles. The molecule has 6 nitrogen and oxygen atoms in total. The fraction of sp³-hybridized carbons (Fsp3) is 0. The van der Waals surface area contributed by atoms with Crippen LogP contribution < -0.4 is 5.43 Å². The predicted molar refractivity (Wildman–Crippen MR) is 85.1 cm³/mol. The molecule has 0 unspecified atom stereocenters. The topological polar surface area (TPSA) is 97.8 Å². The number of hydrazone groups is 1. The van der Waals surface area contributed by atoms with E-state index in [0.29, 0.717) is 5.69 Å². The normalized spacial score (nSPS) is 9.87. The number of benzene rings is 1. The van der Waals surface area contributed by atoms with Gasteiger partial charge in [-0.05, 0) is 30.3 Å². The number of fused-ring (bicyclic) bond motifs is 1. The van der Waals surface area contributed by atoms with Gasteiger partial charge in [-0.2, -0.15) is 20.0 Å². The number of halogens is 1. The van der Waals surface area contributed by atoms with Gasteiger partial charge in [-0.1, -0.05) is 0 Å². The van der Waals surface area contributed by atoms with Crippen molar-refractivity contribution in [3.05, 3.63) is 42.5 Å². The van der Waals surface area contributed by atoms with Crippen molar-refractivity contribution >= 4 is 33.0 Å². The van der Waals surface area contributed by atoms with E-state index in [2.05, 4.69) is 20.5 Å². The quantitative estimate of drug-likeness (QED) is 0.453. The highest BCUT2D eigenvalue weighted by Gasteiger charge is 2.08. The van der Waals surface area contributed by atoms with Crippen LogP contribution in [0.4, 0.5) is 10.1 Å². The zero-order valence-corrected chi connectivity index (χ0v) is 12.3. The molecule has 1 N–H and O–H groups in total. The van der Waals surface area contributed by atoms with Crippen molar-refractivity contribution in [3.8, 4) is 22.7 Å². The maximum atomic E-state index is 12.9. The first-order chi connectivity index (χ1) is 11.2. The largest absolute Gasteiger partial charge is 0.276 e. The van der Waals surface area contributed by atoms with Gasteiger partial charge in [-0.15, -0.1) is 11.3 Å². The third kappa shape index (κ3) is 3.12. The van der Waals surface area contributed by atoms with Crippen LogP contribution in [-0.2, 0) is 0 Å². The van der Waals surface area contributed by atoms with E-state index >= 15 is 0 Å². The molecule has 0 radical (unpaired) electrons. The van der Waals surface area contributed by atoms with Crippen LogP contribution in [0.2, 0.25) is 0 Å². The number of hydrogen-bond donors (Lipinski definition) is 1. The van der Waals surface area contributed by atoms with Crippen LogP contribution in [0.15, 0.2) is 41.6 Å². The molecule has 110 valence electrons. The van der Waals surface area contributed by atoms with Gasteiger partial charge < -0.3 is 0 Å². The van der Waals surface area contributed by atoms with Gasteiger partial charge in [-0.3, -0.25) is 5.43 Å². The van der Waals surface area contributed by atoms with Crippen LogP contribution in [0.1, 0.15) is 0 Å². The Hall–Kier alpha value is -3.36. The molecule has 0 amide bonds. The molecule has 0 saturated heterocycles. The summed E-state index contributed by atoms with van der Waals surface area (Å²) in [5.41, 5.74) is 4.55. The average Bonchev–Trinajstić information content (AvgIpc) is 2.99. The van der Waals surface area contributed by atoms with Gasteiger partial charge in [0.05, 0.1) is 15.9 Å². The van der Waals surface area contributed by atoms with E-state index in [9.17, 15) is 4.39 Å². The van der Waals surface area contributed by atoms with E-state index in [1.165, 1.54) is 23.6 Å². The Bertz CT molecular complexity index is 962. The fourth-order valence-electron chi connectivity index (χ4n) is 1.82. The van der Waals surface area contributed by atoms with Gasteiger partial charge in [0.15, 0.2) is 0 Å². The number of aromatic nitrogens is 2. The summed E-state index contributed by atoms with van der Waals surface area (Å²) in [6.45, 7) is 0. The van der Waals surface area contributed by atoms with Gasteiger partial charge in [0.1, 0.15) is 17.1 Å². The Balaban J connectivity index is 1.92. The van der Waals surface area contributed by atoms with E-state index in [0.717, 1.165) is 20.8 Å². The maximum Gasteiger partial charge on any atom is 0.237 e. The molecule has 0 aliphatic carbocycles. The molecule has 23 heavy (non-hydrogen) atoms. The lowest BCUT2D eigenvalue weighted by Crippen LogP contribution is -1.95. The SMILES string of the molecule is N#CC(C#N)=NNc1ccc2nc(-c3ccc(F)nc3)sc2c1. The first-order valence-corrected chi connectivity index (χ1v) is 7.17. The monoisotopic (exact) mass is 322 g/mol. The first kappa shape index (κ1) is 14.6. The summed E-state index contributed by atoms with van der Waals surface area (Å²) in [6.07, 6.45) is 1.43. The van der Waals surface area contributed by atoms with Crippen LogP contribution in [0.25, 0.3) is 20.8 Å². The second-order valence-corrected chi connectivity index (χ2v) is 5.40. The number of nitriles is 2. The molecular weight excluding hydrogens is 315 g/mol. The number of rotatable bonds is 3. The molecule has 2 aromatic heterocycles. The number of anilines is 1. The van der Waals surface area contributed by atoms with Crippen molar-refractivity contribution in [2.75, 3.05) is 5.43 Å². The second-order valence-electron chi connectivity index (χ2n) is 4.37. The van der Waals surface area contributed by atoms with E-state index in [1.807, 2.05) is 6.07 Å². The van der Waals surface area contributed by atoms with Crippen molar-refractivity contribution in [2.24, 2.45) is 5.10 Å². The molecule has 3 aromatic rings. The lowest BCUT2D eigenvalue weighted by molar-refractivity contribution is 0.584. The summed E-state index contributed by atoms with van der Waals surface area (Å²) in [7, 11) is 0. The fourth-order valence-corrected chi connectivity index (χ4v) is 2.81. The van der Waals surface area contributed by atoms with Crippen molar-refractivity contribution < 1.29 is 4.39 Å². The lowest BCUT2D eigenvalue weighted by Gasteiger charge is -1.98. The highest BCUT2D eigenvalue weighted by atomic mass is 32.1. The second kappa shape index (κ2) is 6.18. The van der Waals surface area contributed by atoms with Crippen LogP contribution >= 0.6 is 11.3 Å². The Labute approximate surface area is 134 Å². The van der Waals surface area contributed by atoms with Crippen molar-refractivity contribution in [2.45, 2.75) is 0 Å². The molecule has 0 aliphatic rings. The minimum Gasteiger partial charge on any atom is -0.276 e. The molecular formula is C15H7FN6S. The Morgan fingerprint density at radius 3 is 2.74 bits per heavy atom. The molecule has 2 heterocycles. The summed E-state index contributed by atoms with van der Waals surface area (Å²) in [4.78, 5) is 8.09. The maximum absolute atomic E-state index is 12.9. The van der Waals surface area contributed by atoms with Gasteiger partial charge in [0.25, 0.3) is 0 Å². The van der Waals surface area contributed by atoms with E-state index < -0.39 is 5.95 Å². The summed E-state index contributed by atoms with van der Waals surface area (Å²) in [5, 5.41) is 21.7. The van der Waals surface area contributed by atoms with E-state index in [-0.39, 0.29) is 5.71 Å². The van der Waals surface area contributed by atoms with Crippen molar-refractivity contribution in [1.82, 2.24) is 9.97 Å². The van der Waals surface area contributed by atoms with Crippen molar-refractivity contribution in [3.63, 3.8) is 0 Å². The molecule has 0 spiro atoms. The van der Waals surface area contributed by atoms with Crippen LogP contribution in [-0.4, -0.2) is 15.7 Å². The van der Waals surface area contributed by atoms with Crippen LogP contribution in [0.3, 0.4) is 0 Å². The van der Waals surface area contributed by atoms with E-state index in [1.54, 1.807) is 30.3 Å². The van der Waals surface area contributed by atoms with Gasteiger partial charge in [-0.25, -0.2) is 9.97 Å². The first-order valence-electron chi connectivity index (χ1n) is 6.36. The minimum atomic E-state index is -0.537. The molecule has 0 saturated carbocycles. The standard InChI is InChI=1S/C15H7FN6S/c16-14-4-1-9(8-19-14)15-20-12-3-2-10(5-13(12)23-15)21-22-11(6-17)7-18/h1-5,8,21H. The highest BCUT2D eigenvalue weighted by Crippen LogP contribution is 2.31. The zero-order chi connectivity index (χ0) is 16.2. The van der Waals surface area contributed by atoms with Gasteiger partial charge >= 0.3 is 0 Å². The van der Waals surface area contributed by atoms with Crippen LogP contribution in [0.5, 0.6) is 0 Å². The predicted octanol–water partition coefficient (Wildman–Crippen LogP) is 3.31. The lowest BCUT2D eigenvalue weighted by atomic mass is 10.3. The molecule has 0 aliphatic heterocycles. The van der Waals surface area contributed by atoms with Crippen molar-refractivity contribution in [1.29, 1.82) is 10.5 Å². The summed E-state index contributed by atoms with van der Waals surface area (Å²) < 4.78 is 13.8. The number of nitrogens with one attached hydrogen (secondary N) is 1. The molecule has 8 heteroatoms. The Morgan fingerprint density at radius 1 is 1.22 bits per heavy atom.